The summed E-state index contributed by atoms with van der Waals surface area (Å²) < 4.78 is 50.1. The number of hydrogen-bond acceptors (Lipinski definition) is 23. The average molecular weight is 1480 g/mol. The highest BCUT2D eigenvalue weighted by molar-refractivity contribution is 8.05. The molecule has 8 aliphatic heterocycles. The highest BCUT2D eigenvalue weighted by atomic mass is 32.2. The second-order valence-electron chi connectivity index (χ2n) is 27.2. The van der Waals surface area contributed by atoms with Gasteiger partial charge in [0.15, 0.2) is 22.7 Å². The van der Waals surface area contributed by atoms with Crippen LogP contribution < -0.4 is 9.05 Å². The fourth-order valence-electron chi connectivity index (χ4n) is 13.8. The number of likely N-dealkylation sites (N-methyl/N-ethyl adjacent to an activating group) is 2. The Morgan fingerprint density at radius 1 is 0.630 bits per heavy atom. The van der Waals surface area contributed by atoms with Gasteiger partial charge >= 0.3 is 25.7 Å². The molecular formula is C71H88N7O16PS4Si. The smallest absolute Gasteiger partial charge is 0.477 e. The maximum atomic E-state index is 14.2. The van der Waals surface area contributed by atoms with Crippen molar-refractivity contribution in [1.82, 2.24) is 34.5 Å². The molecule has 100 heavy (non-hydrogen) atoms. The number of carboxylic acids is 1. The summed E-state index contributed by atoms with van der Waals surface area (Å²) in [4.78, 5) is 96.4. The minimum Gasteiger partial charge on any atom is -0.477 e. The molecule has 0 bridgehead atoms. The van der Waals surface area contributed by atoms with Crippen LogP contribution in [0.2, 0.25) is 19.6 Å². The lowest BCUT2D eigenvalue weighted by atomic mass is 9.79. The van der Waals surface area contributed by atoms with E-state index in [1.54, 1.807) is 81.4 Å². The zero-order valence-corrected chi connectivity index (χ0v) is 63.5. The molecule has 0 spiro atoms. The van der Waals surface area contributed by atoms with Crippen molar-refractivity contribution in [3.8, 4) is 11.5 Å². The number of β-lactam (4-membered cyclic amide) rings is 3. The van der Waals surface area contributed by atoms with Crippen molar-refractivity contribution in [3.63, 3.8) is 0 Å². The number of carbonyl (C=O) groups excluding carboxylic acids is 5. The van der Waals surface area contributed by atoms with E-state index in [9.17, 15) is 48.7 Å². The van der Waals surface area contributed by atoms with E-state index in [4.69, 9.17) is 37.4 Å². The molecule has 3 saturated heterocycles. The number of aromatic nitrogens is 2. The van der Waals surface area contributed by atoms with Gasteiger partial charge in [-0.3, -0.25) is 29.1 Å². The number of para-hydroxylation sites is 2. The quantitative estimate of drug-likeness (QED) is 0.0193. The van der Waals surface area contributed by atoms with Gasteiger partial charge in [0, 0.05) is 63.5 Å². The van der Waals surface area contributed by atoms with E-state index in [0.29, 0.717) is 17.0 Å². The summed E-state index contributed by atoms with van der Waals surface area (Å²) in [6, 6.07) is 16.9. The summed E-state index contributed by atoms with van der Waals surface area (Å²) in [6.07, 6.45) is 7.42. The van der Waals surface area contributed by atoms with Gasteiger partial charge in [-0.05, 0) is 117 Å². The number of amides is 3. The maximum absolute atomic E-state index is 14.2. The number of thiazole rings is 2. The Labute approximate surface area is 601 Å². The fraction of sp³-hybridized carbons (Fsp3) is 0.465. The molecule has 536 valence electrons. The van der Waals surface area contributed by atoms with Crippen molar-refractivity contribution in [2.45, 2.75) is 145 Å². The Kier molecular flexibility index (Phi) is 23.7. The van der Waals surface area contributed by atoms with Crippen LogP contribution in [0.5, 0.6) is 11.5 Å². The van der Waals surface area contributed by atoms with Crippen molar-refractivity contribution in [2.24, 2.45) is 35.5 Å². The normalized spacial score (nSPS) is 26.6. The predicted molar refractivity (Wildman–Crippen MR) is 386 cm³/mol. The Bertz CT molecular complexity index is 3980. The molecule has 14 atom stereocenters. The summed E-state index contributed by atoms with van der Waals surface area (Å²) in [7, 11) is -2.17. The van der Waals surface area contributed by atoms with Crippen molar-refractivity contribution in [2.75, 3.05) is 40.4 Å². The van der Waals surface area contributed by atoms with Crippen LogP contribution in [0, 0.1) is 35.5 Å². The van der Waals surface area contributed by atoms with Gasteiger partial charge < -0.3 is 52.6 Å². The molecule has 0 unspecified atom stereocenters. The average Bonchev–Trinajstić information content (AvgIpc) is 1.56. The number of fused-ring (bicyclic) bond motifs is 3. The van der Waals surface area contributed by atoms with Crippen LogP contribution in [0.1, 0.15) is 79.6 Å². The number of phosphoric ester groups is 1. The highest BCUT2D eigenvalue weighted by Crippen LogP contribution is 2.59. The van der Waals surface area contributed by atoms with Crippen LogP contribution in [0.25, 0.3) is 11.1 Å². The minimum atomic E-state index is -4.42. The number of aliphatic carboxylic acids is 1. The van der Waals surface area contributed by atoms with E-state index in [1.165, 1.54) is 84.2 Å². The molecule has 2 aromatic heterocycles. The van der Waals surface area contributed by atoms with Gasteiger partial charge in [-0.25, -0.2) is 24.4 Å². The van der Waals surface area contributed by atoms with Gasteiger partial charge in [-0.2, -0.15) is 4.57 Å². The topological polar surface area (TPSA) is 278 Å². The first-order valence-corrected chi connectivity index (χ1v) is 41.5. The Morgan fingerprint density at radius 2 is 1.03 bits per heavy atom. The van der Waals surface area contributed by atoms with E-state index in [2.05, 4.69) is 63.1 Å². The number of carbonyl (C=O) groups is 6. The third-order valence-electron chi connectivity index (χ3n) is 19.0. The number of rotatable bonds is 24. The van der Waals surface area contributed by atoms with E-state index in [-0.39, 0.29) is 95.3 Å². The minimum absolute atomic E-state index is 0.000288. The number of hydrogen-bond donors (Lipinski definition) is 3. The molecule has 0 aliphatic carbocycles. The summed E-state index contributed by atoms with van der Waals surface area (Å²) in [5, 5.41) is 33.9. The predicted octanol–water partition coefficient (Wildman–Crippen LogP) is 11.6. The number of aliphatic hydroxyl groups excluding tert-OH is 2. The fourth-order valence-corrected chi connectivity index (χ4v) is 20.6. The lowest BCUT2D eigenvalue weighted by molar-refractivity contribution is -0.164. The van der Waals surface area contributed by atoms with Crippen LogP contribution >= 0.6 is 54.0 Å². The molecule has 3 N–H and O–H groups in total. The van der Waals surface area contributed by atoms with E-state index in [1.807, 2.05) is 51.2 Å². The number of thioether (sulfide) groups is 2. The van der Waals surface area contributed by atoms with Crippen molar-refractivity contribution in [1.29, 1.82) is 0 Å². The third-order valence-corrected chi connectivity index (χ3v) is 25.8. The zero-order valence-electron chi connectivity index (χ0n) is 58.3. The summed E-state index contributed by atoms with van der Waals surface area (Å²) in [5.74, 6) is -5.15. The molecule has 0 saturated carbocycles. The standard InChI is InChI=1S/C28H34NO8PSi.C23H29N3O4S2.C20H25N3O4S2/c1-7-18-33-28(31)25-26(19(2)24-23(27(30)29(24)25)20(3)37-39(4,5)6)36-38(32,34-21-14-10-8-11-15-21)35-22-16-12-9-13-17-22;1-6-9-30-22(29)19-20(13(3)18-17(14(4)27)21(28)26(18)19)32-23-24-16(11-31-23)15-8-7-12(2)25(5)10-15;1-9-5-6-12(7-22(9)4)13-8-28-20(21-13)29-17-10(2)15-14(11(3)24)18(25)23(15)16(17)19(26)27/h7-17,19-20,23-24H,1,18H2,2-6H3;6,8,11-14,17-18,27H,1,7,9-10H2,2-5H3;6,8-11,14-15,24H,5,7H2,1-4H3,(H,26,27)/t19-,20-,23-,24-;12-,13-,14-,17-,18-;9-,10-,11-,14-,15-/m111/s1. The number of esters is 2. The monoisotopic (exact) mass is 1480 g/mol. The van der Waals surface area contributed by atoms with Gasteiger partial charge in [0.05, 0.1) is 65.6 Å². The summed E-state index contributed by atoms with van der Waals surface area (Å²) in [5.41, 5.74) is 4.48. The Hall–Kier alpha value is -6.95. The van der Waals surface area contributed by atoms with Crippen LogP contribution in [-0.4, -0.2) is 183 Å². The van der Waals surface area contributed by atoms with Gasteiger partial charge in [-0.15, -0.1) is 22.7 Å². The number of phosphoric acid groups is 1. The Morgan fingerprint density at radius 3 is 1.44 bits per heavy atom. The maximum Gasteiger partial charge on any atom is 0.646 e. The van der Waals surface area contributed by atoms with Gasteiger partial charge in [-0.1, -0.05) is 118 Å². The molecule has 12 rings (SSSR count). The first kappa shape index (κ1) is 75.7. The summed E-state index contributed by atoms with van der Waals surface area (Å²) >= 11 is 5.78. The van der Waals surface area contributed by atoms with Gasteiger partial charge in [0.1, 0.15) is 41.9 Å². The number of aliphatic hydroxyl groups is 2. The molecule has 3 amide bonds. The molecule has 10 heterocycles. The summed E-state index contributed by atoms with van der Waals surface area (Å²) in [6.45, 7) is 30.2. The lowest BCUT2D eigenvalue weighted by Crippen LogP contribution is -2.64. The van der Waals surface area contributed by atoms with Crippen molar-refractivity contribution >= 4 is 109 Å². The van der Waals surface area contributed by atoms with Crippen LogP contribution in [0.15, 0.2) is 150 Å². The van der Waals surface area contributed by atoms with Crippen molar-refractivity contribution < 1.29 is 76.1 Å². The highest BCUT2D eigenvalue weighted by Gasteiger charge is 2.64. The van der Waals surface area contributed by atoms with E-state index in [0.717, 1.165) is 50.9 Å². The first-order valence-electron chi connectivity index (χ1n) is 33.3. The first-order chi connectivity index (χ1) is 47.4. The lowest BCUT2D eigenvalue weighted by Gasteiger charge is -2.48. The van der Waals surface area contributed by atoms with E-state index < -0.39 is 76.0 Å². The van der Waals surface area contributed by atoms with Crippen LogP contribution in [0.4, 0.5) is 0 Å². The molecule has 2 aromatic carbocycles. The zero-order chi connectivity index (χ0) is 72.6. The molecule has 0 radical (unpaired) electrons. The number of ether oxygens (including phenoxy) is 2. The number of benzene rings is 2. The molecule has 29 heteroatoms. The number of carboxylic acid groups (broad SMARTS) is 1. The molecule has 8 aliphatic rings. The van der Waals surface area contributed by atoms with Gasteiger partial charge in [0.25, 0.3) is 0 Å². The molecular weight excluding hydrogens is 1390 g/mol. The second-order valence-corrected chi connectivity index (χ2v) is 37.4. The third kappa shape index (κ3) is 15.7. The molecule has 4 aromatic rings. The molecule has 23 nitrogen and oxygen atoms in total. The number of nitrogens with zero attached hydrogens (tertiary/aromatic N) is 7. The molecule has 3 fully saturated rings. The van der Waals surface area contributed by atoms with Gasteiger partial charge in [0.2, 0.25) is 17.7 Å². The Balaban J connectivity index is 0.000000164. The van der Waals surface area contributed by atoms with Crippen LogP contribution in [0.3, 0.4) is 0 Å². The second kappa shape index (κ2) is 31.3. The van der Waals surface area contributed by atoms with E-state index >= 15 is 0 Å². The van der Waals surface area contributed by atoms with Crippen LogP contribution in [-0.2, 0) is 51.8 Å². The SMILES string of the molecule is C=CCOC(=O)C1=C(OP(=O)(Oc2ccccc2)Oc2ccccc2)[C@H](C)[C@@H]2[C@@H]([C@@H](C)O[Si](C)(C)C)C(=O)N12.C=CCOC(=O)C1=C(Sc2nc(C3=CC[C@@H](C)N(C)C3)cs2)[C@H](C)[C@@H]2[C@@H]([C@@H](C)O)C(=O)N12.C[C@@H]1CC=C(c2csc(SC3=C(C(=O)O)N4C(=O)[C@H]([C@@H](C)O)[C@H]4[C@H]3C)n2)CN1C. The largest absolute Gasteiger partial charge is 0.646 e. The van der Waals surface area contributed by atoms with Crippen molar-refractivity contribution in [3.05, 3.63) is 153 Å².